The molecule has 0 radical (unpaired) electrons. The number of hydrogen-bond donors (Lipinski definition) is 2. The first-order valence-electron chi connectivity index (χ1n) is 9.47. The zero-order chi connectivity index (χ0) is 19.4. The van der Waals surface area contributed by atoms with Crippen molar-refractivity contribution in [3.05, 3.63) is 59.5 Å². The lowest BCUT2D eigenvalue weighted by Crippen LogP contribution is -2.25. The monoisotopic (exact) mass is 367 g/mol. The molecule has 1 heterocycles. The molecule has 2 aromatic carbocycles. The lowest BCUT2D eigenvalue weighted by molar-refractivity contribution is -0.110. The van der Waals surface area contributed by atoms with E-state index in [1.165, 1.54) is 17.3 Å². The second kappa shape index (κ2) is 8.25. The van der Waals surface area contributed by atoms with E-state index in [-0.39, 0.29) is 5.91 Å². The topological polar surface area (TPSA) is 44.4 Å². The Hall–Kier alpha value is -2.82. The summed E-state index contributed by atoms with van der Waals surface area (Å²) < 4.78 is 14.1. The minimum absolute atomic E-state index is 0.298. The minimum Gasteiger partial charge on any atom is -0.371 e. The van der Waals surface area contributed by atoms with Crippen molar-refractivity contribution in [3.63, 3.8) is 0 Å². The highest BCUT2D eigenvalue weighted by molar-refractivity contribution is 6.31. The van der Waals surface area contributed by atoms with Crippen molar-refractivity contribution < 1.29 is 9.18 Å². The predicted molar refractivity (Wildman–Crippen MR) is 111 cm³/mol. The largest absolute Gasteiger partial charge is 0.371 e. The number of halogens is 1. The molecule has 27 heavy (non-hydrogen) atoms. The molecule has 1 aliphatic heterocycles. The van der Waals surface area contributed by atoms with E-state index in [1.807, 2.05) is 6.07 Å². The van der Waals surface area contributed by atoms with Crippen LogP contribution in [0.25, 0.3) is 5.57 Å². The molecule has 0 spiro atoms. The minimum atomic E-state index is -0.403. The van der Waals surface area contributed by atoms with E-state index in [2.05, 4.69) is 48.4 Å². The number of amides is 1. The van der Waals surface area contributed by atoms with Crippen molar-refractivity contribution >= 4 is 28.5 Å². The normalized spacial score (nSPS) is 14.2. The highest BCUT2D eigenvalue weighted by Crippen LogP contribution is 2.34. The molecule has 0 atom stereocenters. The summed E-state index contributed by atoms with van der Waals surface area (Å²) in [7, 11) is 0. The van der Waals surface area contributed by atoms with E-state index < -0.39 is 5.82 Å². The summed E-state index contributed by atoms with van der Waals surface area (Å²) in [4.78, 5) is 14.6. The van der Waals surface area contributed by atoms with E-state index in [9.17, 15) is 9.18 Å². The molecule has 0 fully saturated rings. The number of nitrogens with zero attached hydrogens (tertiary/aromatic N) is 1. The Morgan fingerprint density at radius 3 is 2.56 bits per heavy atom. The molecule has 3 rings (SSSR count). The lowest BCUT2D eigenvalue weighted by Gasteiger charge is -2.26. The second-order valence-electron chi connectivity index (χ2n) is 6.81. The van der Waals surface area contributed by atoms with Gasteiger partial charge < -0.3 is 15.5 Å². The van der Waals surface area contributed by atoms with Crippen molar-refractivity contribution in [2.45, 2.75) is 33.6 Å². The van der Waals surface area contributed by atoms with Crippen LogP contribution >= 0.6 is 0 Å². The molecule has 2 aromatic rings. The van der Waals surface area contributed by atoms with Crippen LogP contribution in [0.4, 0.5) is 21.5 Å². The maximum atomic E-state index is 14.1. The molecule has 5 heteroatoms. The highest BCUT2D eigenvalue weighted by Gasteiger charge is 2.27. The van der Waals surface area contributed by atoms with E-state index in [4.69, 9.17) is 0 Å². The van der Waals surface area contributed by atoms with Gasteiger partial charge in [0.1, 0.15) is 5.82 Å². The van der Waals surface area contributed by atoms with Crippen LogP contribution in [0.1, 0.15) is 37.8 Å². The fraction of sp³-hybridized carbons (Fsp3) is 0.318. The van der Waals surface area contributed by atoms with Crippen LogP contribution in [0.2, 0.25) is 0 Å². The summed E-state index contributed by atoms with van der Waals surface area (Å²) in [6, 6.07) is 10.8. The third-order valence-corrected chi connectivity index (χ3v) is 4.68. The average molecular weight is 367 g/mol. The average Bonchev–Trinajstić information content (AvgIpc) is 2.96. The summed E-state index contributed by atoms with van der Waals surface area (Å²) in [5, 5.41) is 5.84. The Morgan fingerprint density at radius 2 is 1.89 bits per heavy atom. The Labute approximate surface area is 160 Å². The summed E-state index contributed by atoms with van der Waals surface area (Å²) in [5.74, 6) is -0.701. The number of fused-ring (bicyclic) bond motifs is 1. The van der Waals surface area contributed by atoms with Crippen LogP contribution in [0.5, 0.6) is 0 Å². The maximum Gasteiger partial charge on any atom is 0.257 e. The molecular formula is C22H26FN3O. The quantitative estimate of drug-likeness (QED) is 0.664. The SMILES string of the molecule is CCCN(CCC)c1ccc(NC=C2C(=O)Nc3cccc(F)c32)cc1C. The molecule has 2 N–H and O–H groups in total. The third-order valence-electron chi connectivity index (χ3n) is 4.68. The van der Waals surface area contributed by atoms with E-state index in [1.54, 1.807) is 18.3 Å². The van der Waals surface area contributed by atoms with Gasteiger partial charge in [0.15, 0.2) is 0 Å². The first-order valence-corrected chi connectivity index (χ1v) is 9.47. The van der Waals surface area contributed by atoms with Gasteiger partial charge in [-0.15, -0.1) is 0 Å². The molecule has 0 aliphatic carbocycles. The third kappa shape index (κ3) is 3.97. The molecule has 142 valence electrons. The van der Waals surface area contributed by atoms with Gasteiger partial charge in [-0.25, -0.2) is 4.39 Å². The van der Waals surface area contributed by atoms with Crippen LogP contribution in [0, 0.1) is 12.7 Å². The molecule has 0 saturated carbocycles. The number of nitrogens with one attached hydrogen (secondary N) is 2. The van der Waals surface area contributed by atoms with Gasteiger partial charge in [-0.05, 0) is 55.7 Å². The van der Waals surface area contributed by atoms with Crippen LogP contribution in [0.3, 0.4) is 0 Å². The van der Waals surface area contributed by atoms with Crippen molar-refractivity contribution in [1.29, 1.82) is 0 Å². The number of rotatable bonds is 7. The first kappa shape index (κ1) is 19.0. The van der Waals surface area contributed by atoms with Gasteiger partial charge in [-0.3, -0.25) is 4.79 Å². The zero-order valence-corrected chi connectivity index (χ0v) is 16.1. The standard InChI is InChI=1S/C22H26FN3O/c1-4-11-26(12-5-2)20-10-9-16(13-15(20)3)24-14-17-21-18(23)7-6-8-19(21)25-22(17)27/h6-10,13-14,24H,4-5,11-12H2,1-3H3,(H,25,27). The lowest BCUT2D eigenvalue weighted by atomic mass is 10.1. The van der Waals surface area contributed by atoms with Gasteiger partial charge in [0.2, 0.25) is 0 Å². The number of carbonyl (C=O) groups is 1. The molecule has 0 aromatic heterocycles. The van der Waals surface area contributed by atoms with Gasteiger partial charge in [0.05, 0.1) is 11.3 Å². The van der Waals surface area contributed by atoms with Crippen molar-refractivity contribution in [1.82, 2.24) is 0 Å². The second-order valence-corrected chi connectivity index (χ2v) is 6.81. The van der Waals surface area contributed by atoms with Crippen LogP contribution in [-0.2, 0) is 4.79 Å². The Morgan fingerprint density at radius 1 is 1.15 bits per heavy atom. The van der Waals surface area contributed by atoms with Gasteiger partial charge in [-0.1, -0.05) is 19.9 Å². The zero-order valence-electron chi connectivity index (χ0n) is 16.1. The first-order chi connectivity index (χ1) is 13.0. The molecule has 0 unspecified atom stereocenters. The Bertz CT molecular complexity index is 870. The fourth-order valence-electron chi connectivity index (χ4n) is 3.49. The number of aryl methyl sites for hydroxylation is 1. The highest BCUT2D eigenvalue weighted by atomic mass is 19.1. The Kier molecular flexibility index (Phi) is 5.79. The van der Waals surface area contributed by atoms with Gasteiger partial charge >= 0.3 is 0 Å². The molecule has 0 bridgehead atoms. The number of anilines is 3. The maximum absolute atomic E-state index is 14.1. The van der Waals surface area contributed by atoms with Gasteiger partial charge in [0.25, 0.3) is 5.91 Å². The summed E-state index contributed by atoms with van der Waals surface area (Å²) in [6.45, 7) is 8.51. The van der Waals surface area contributed by atoms with Crippen molar-refractivity contribution in [2.75, 3.05) is 28.6 Å². The molecule has 4 nitrogen and oxygen atoms in total. The number of hydrogen-bond acceptors (Lipinski definition) is 3. The predicted octanol–water partition coefficient (Wildman–Crippen LogP) is 5.17. The summed E-state index contributed by atoms with van der Waals surface area (Å²) in [5.41, 5.74) is 4.40. The van der Waals surface area contributed by atoms with Gasteiger partial charge in [0, 0.05) is 36.2 Å². The van der Waals surface area contributed by atoms with E-state index in [0.717, 1.165) is 31.6 Å². The molecule has 0 saturated heterocycles. The Balaban J connectivity index is 1.82. The van der Waals surface area contributed by atoms with Crippen LogP contribution in [0.15, 0.2) is 42.6 Å². The van der Waals surface area contributed by atoms with Crippen LogP contribution in [-0.4, -0.2) is 19.0 Å². The molecule has 1 amide bonds. The van der Waals surface area contributed by atoms with Crippen molar-refractivity contribution in [2.24, 2.45) is 0 Å². The van der Waals surface area contributed by atoms with Crippen molar-refractivity contribution in [3.8, 4) is 0 Å². The fourth-order valence-corrected chi connectivity index (χ4v) is 3.49. The smallest absolute Gasteiger partial charge is 0.257 e. The van der Waals surface area contributed by atoms with Gasteiger partial charge in [-0.2, -0.15) is 0 Å². The van der Waals surface area contributed by atoms with Crippen LogP contribution < -0.4 is 15.5 Å². The van der Waals surface area contributed by atoms with E-state index in [0.29, 0.717) is 16.8 Å². The summed E-state index contributed by atoms with van der Waals surface area (Å²) in [6.07, 6.45) is 3.78. The molecule has 1 aliphatic rings. The summed E-state index contributed by atoms with van der Waals surface area (Å²) >= 11 is 0. The molecular weight excluding hydrogens is 341 g/mol. The van der Waals surface area contributed by atoms with E-state index >= 15 is 0 Å². The number of benzene rings is 2. The number of carbonyl (C=O) groups excluding carboxylic acids is 1.